The number of carbonyl (C=O) groups is 2. The number of pyridine rings is 1. The van der Waals surface area contributed by atoms with Gasteiger partial charge in [-0.15, -0.1) is 0 Å². The van der Waals surface area contributed by atoms with E-state index in [0.29, 0.717) is 32.7 Å². The van der Waals surface area contributed by atoms with Gasteiger partial charge in [-0.25, -0.2) is 4.79 Å². The van der Waals surface area contributed by atoms with E-state index in [0.717, 1.165) is 44.3 Å². The van der Waals surface area contributed by atoms with Crippen LogP contribution in [-0.2, 0) is 16.1 Å². The van der Waals surface area contributed by atoms with Crippen molar-refractivity contribution in [2.45, 2.75) is 52.0 Å². The van der Waals surface area contributed by atoms with E-state index in [-0.39, 0.29) is 17.4 Å². The molecule has 1 aromatic heterocycles. The Morgan fingerprint density at radius 1 is 1.31 bits per heavy atom. The SMILES string of the molecule is CCCCOC(=O)N1CCC[C@@]2(CCC(=O)N(Cc3ccccn3)C2)C1. The molecule has 6 nitrogen and oxygen atoms in total. The lowest BCUT2D eigenvalue weighted by Gasteiger charge is -2.47. The second-order valence-electron chi connectivity index (χ2n) is 7.56. The molecular weight excluding hydrogens is 330 g/mol. The van der Waals surface area contributed by atoms with E-state index in [1.807, 2.05) is 28.0 Å². The maximum absolute atomic E-state index is 12.4. The van der Waals surface area contributed by atoms with Crippen molar-refractivity contribution < 1.29 is 14.3 Å². The highest BCUT2D eigenvalue weighted by atomic mass is 16.6. The van der Waals surface area contributed by atoms with Gasteiger partial charge in [0.15, 0.2) is 0 Å². The Kier molecular flexibility index (Phi) is 6.12. The van der Waals surface area contributed by atoms with Crippen molar-refractivity contribution in [3.05, 3.63) is 30.1 Å². The minimum Gasteiger partial charge on any atom is -0.449 e. The Morgan fingerprint density at radius 2 is 2.19 bits per heavy atom. The molecule has 0 bridgehead atoms. The lowest BCUT2D eigenvalue weighted by atomic mass is 9.73. The normalized spacial score (nSPS) is 23.3. The molecule has 0 unspecified atom stereocenters. The fourth-order valence-electron chi connectivity index (χ4n) is 4.03. The summed E-state index contributed by atoms with van der Waals surface area (Å²) in [6, 6.07) is 5.78. The number of hydrogen-bond acceptors (Lipinski definition) is 4. The first kappa shape index (κ1) is 18.7. The van der Waals surface area contributed by atoms with Crippen LogP contribution in [0.4, 0.5) is 4.79 Å². The third kappa shape index (κ3) is 4.54. The zero-order valence-electron chi connectivity index (χ0n) is 15.7. The van der Waals surface area contributed by atoms with Crippen LogP contribution < -0.4 is 0 Å². The lowest BCUT2D eigenvalue weighted by molar-refractivity contribution is -0.140. The van der Waals surface area contributed by atoms with Crippen LogP contribution in [0.2, 0.25) is 0 Å². The molecule has 0 saturated carbocycles. The predicted octanol–water partition coefficient (Wildman–Crippen LogP) is 3.22. The summed E-state index contributed by atoms with van der Waals surface area (Å²) in [7, 11) is 0. The molecule has 0 radical (unpaired) electrons. The van der Waals surface area contributed by atoms with Gasteiger partial charge in [0.25, 0.3) is 0 Å². The summed E-state index contributed by atoms with van der Waals surface area (Å²) >= 11 is 0. The number of unbranched alkanes of at least 4 members (excludes halogenated alkanes) is 1. The molecule has 0 N–H and O–H groups in total. The van der Waals surface area contributed by atoms with E-state index in [1.165, 1.54) is 0 Å². The van der Waals surface area contributed by atoms with Gasteiger partial charge in [-0.05, 0) is 37.8 Å². The maximum atomic E-state index is 12.4. The monoisotopic (exact) mass is 359 g/mol. The number of nitrogens with zero attached hydrogens (tertiary/aromatic N) is 3. The van der Waals surface area contributed by atoms with Crippen molar-refractivity contribution in [3.63, 3.8) is 0 Å². The first-order valence-corrected chi connectivity index (χ1v) is 9.71. The molecule has 1 spiro atoms. The van der Waals surface area contributed by atoms with Crippen molar-refractivity contribution in [3.8, 4) is 0 Å². The van der Waals surface area contributed by atoms with Crippen molar-refractivity contribution in [1.29, 1.82) is 0 Å². The number of rotatable bonds is 5. The molecule has 2 aliphatic rings. The fraction of sp³-hybridized carbons (Fsp3) is 0.650. The van der Waals surface area contributed by atoms with Gasteiger partial charge in [0, 0.05) is 37.7 Å². The van der Waals surface area contributed by atoms with E-state index in [4.69, 9.17) is 4.74 Å². The Bertz CT molecular complexity index is 622. The number of likely N-dealkylation sites (tertiary alicyclic amines) is 2. The Labute approximate surface area is 155 Å². The number of amides is 2. The average Bonchev–Trinajstić information content (AvgIpc) is 2.66. The summed E-state index contributed by atoms with van der Waals surface area (Å²) in [6.45, 7) is 5.25. The highest BCUT2D eigenvalue weighted by molar-refractivity contribution is 5.77. The van der Waals surface area contributed by atoms with E-state index < -0.39 is 0 Å². The van der Waals surface area contributed by atoms with Crippen LogP contribution in [0.5, 0.6) is 0 Å². The first-order valence-electron chi connectivity index (χ1n) is 9.71. The van der Waals surface area contributed by atoms with Gasteiger partial charge in [-0.1, -0.05) is 19.4 Å². The molecule has 0 aliphatic carbocycles. The second kappa shape index (κ2) is 8.52. The molecule has 1 atom stereocenters. The molecule has 2 fully saturated rings. The lowest BCUT2D eigenvalue weighted by Crippen LogP contribution is -2.55. The predicted molar refractivity (Wildman–Crippen MR) is 98.4 cm³/mol. The number of hydrogen-bond donors (Lipinski definition) is 0. The van der Waals surface area contributed by atoms with Crippen LogP contribution in [0.25, 0.3) is 0 Å². The number of carbonyl (C=O) groups excluding carboxylic acids is 2. The summed E-state index contributed by atoms with van der Waals surface area (Å²) in [4.78, 5) is 32.9. The molecule has 142 valence electrons. The maximum Gasteiger partial charge on any atom is 0.409 e. The Morgan fingerprint density at radius 3 is 2.96 bits per heavy atom. The minimum atomic E-state index is -0.203. The van der Waals surface area contributed by atoms with Crippen LogP contribution in [0.15, 0.2) is 24.4 Å². The highest BCUT2D eigenvalue weighted by Gasteiger charge is 2.43. The molecule has 0 aromatic carbocycles. The molecule has 1 aromatic rings. The summed E-state index contributed by atoms with van der Waals surface area (Å²) in [5.41, 5.74) is 0.898. The van der Waals surface area contributed by atoms with Gasteiger partial charge in [-0.3, -0.25) is 9.78 Å². The van der Waals surface area contributed by atoms with E-state index in [1.54, 1.807) is 6.20 Å². The zero-order valence-corrected chi connectivity index (χ0v) is 15.7. The quantitative estimate of drug-likeness (QED) is 0.757. The number of aromatic nitrogens is 1. The van der Waals surface area contributed by atoms with E-state index >= 15 is 0 Å². The third-order valence-electron chi connectivity index (χ3n) is 5.47. The molecule has 6 heteroatoms. The van der Waals surface area contributed by atoms with Gasteiger partial charge < -0.3 is 14.5 Å². The van der Waals surface area contributed by atoms with Crippen molar-refractivity contribution >= 4 is 12.0 Å². The first-order chi connectivity index (χ1) is 12.6. The topological polar surface area (TPSA) is 62.7 Å². The smallest absolute Gasteiger partial charge is 0.409 e. The molecular formula is C20H29N3O3. The fourth-order valence-corrected chi connectivity index (χ4v) is 4.03. The van der Waals surface area contributed by atoms with Crippen molar-refractivity contribution in [2.75, 3.05) is 26.2 Å². The molecule has 26 heavy (non-hydrogen) atoms. The Balaban J connectivity index is 1.62. The summed E-state index contributed by atoms with van der Waals surface area (Å²) in [5, 5.41) is 0. The second-order valence-corrected chi connectivity index (χ2v) is 7.56. The molecule has 2 aliphatic heterocycles. The Hall–Kier alpha value is -2.11. The molecule has 3 rings (SSSR count). The summed E-state index contributed by atoms with van der Waals surface area (Å²) in [6.07, 6.45) is 6.89. The summed E-state index contributed by atoms with van der Waals surface area (Å²) < 4.78 is 5.40. The number of ether oxygens (including phenoxy) is 1. The van der Waals surface area contributed by atoms with Gasteiger partial charge >= 0.3 is 6.09 Å². The van der Waals surface area contributed by atoms with Crippen LogP contribution in [0.1, 0.15) is 51.1 Å². The standard InChI is InChI=1S/C20H29N3O3/c1-2-3-13-26-19(25)22-12-6-9-20(15-22)10-8-18(24)23(16-20)14-17-7-4-5-11-21-17/h4-5,7,11H,2-3,6,8-10,12-16H2,1H3/t20-/m1/s1. The molecule has 2 saturated heterocycles. The zero-order chi connectivity index (χ0) is 18.4. The van der Waals surface area contributed by atoms with Crippen LogP contribution in [-0.4, -0.2) is 53.0 Å². The largest absolute Gasteiger partial charge is 0.449 e. The number of piperidine rings is 2. The minimum absolute atomic E-state index is 0.00921. The molecule has 2 amide bonds. The van der Waals surface area contributed by atoms with E-state index in [9.17, 15) is 9.59 Å². The van der Waals surface area contributed by atoms with Crippen LogP contribution in [0.3, 0.4) is 0 Å². The van der Waals surface area contributed by atoms with Gasteiger partial charge in [0.1, 0.15) is 0 Å². The third-order valence-corrected chi connectivity index (χ3v) is 5.47. The van der Waals surface area contributed by atoms with E-state index in [2.05, 4.69) is 11.9 Å². The van der Waals surface area contributed by atoms with Crippen molar-refractivity contribution in [2.24, 2.45) is 5.41 Å². The van der Waals surface area contributed by atoms with Gasteiger partial charge in [-0.2, -0.15) is 0 Å². The van der Waals surface area contributed by atoms with Crippen LogP contribution in [0, 0.1) is 5.41 Å². The average molecular weight is 359 g/mol. The van der Waals surface area contributed by atoms with Gasteiger partial charge in [0.05, 0.1) is 18.8 Å². The van der Waals surface area contributed by atoms with Gasteiger partial charge in [0.2, 0.25) is 5.91 Å². The van der Waals surface area contributed by atoms with Crippen molar-refractivity contribution in [1.82, 2.24) is 14.8 Å². The molecule has 3 heterocycles. The van der Waals surface area contributed by atoms with Crippen LogP contribution >= 0.6 is 0 Å². The highest BCUT2D eigenvalue weighted by Crippen LogP contribution is 2.39. The summed E-state index contributed by atoms with van der Waals surface area (Å²) in [5.74, 6) is 0.184.